The molecule has 0 aliphatic carbocycles. The number of benzene rings is 1. The third-order valence-corrected chi connectivity index (χ3v) is 4.29. The van der Waals surface area contributed by atoms with Crippen LogP contribution in [0.4, 0.5) is 15.2 Å². The monoisotopic (exact) mass is 308 g/mol. The smallest absolute Gasteiger partial charge is 0.205 e. The van der Waals surface area contributed by atoms with Gasteiger partial charge in [-0.25, -0.2) is 9.37 Å². The van der Waals surface area contributed by atoms with Crippen molar-refractivity contribution in [1.82, 2.24) is 9.36 Å². The molecule has 0 unspecified atom stereocenters. The number of hydrogen-bond acceptors (Lipinski definition) is 6. The Kier molecular flexibility index (Phi) is 4.31. The summed E-state index contributed by atoms with van der Waals surface area (Å²) in [7, 11) is 1.64. The van der Waals surface area contributed by atoms with Crippen LogP contribution in [0.2, 0.25) is 0 Å². The lowest BCUT2D eigenvalue weighted by Gasteiger charge is -2.35. The standard InChI is InChI=1S/C14H17FN4OS/c1-20-10-13-16-14(21-17-13)19-8-6-18(7-9-19)12-4-2-11(15)3-5-12/h2-5H,6-10H2,1H3. The molecule has 1 aromatic heterocycles. The summed E-state index contributed by atoms with van der Waals surface area (Å²) < 4.78 is 22.3. The van der Waals surface area contributed by atoms with Crippen molar-refractivity contribution >= 4 is 22.4 Å². The van der Waals surface area contributed by atoms with E-state index in [9.17, 15) is 4.39 Å². The second kappa shape index (κ2) is 6.36. The zero-order valence-electron chi connectivity index (χ0n) is 11.8. The van der Waals surface area contributed by atoms with Gasteiger partial charge in [0.25, 0.3) is 0 Å². The van der Waals surface area contributed by atoms with E-state index in [1.54, 1.807) is 7.11 Å². The molecule has 21 heavy (non-hydrogen) atoms. The maximum absolute atomic E-state index is 13.0. The maximum atomic E-state index is 13.0. The highest BCUT2D eigenvalue weighted by Crippen LogP contribution is 2.22. The van der Waals surface area contributed by atoms with Gasteiger partial charge in [0.15, 0.2) is 5.82 Å². The maximum Gasteiger partial charge on any atom is 0.205 e. The number of hydrogen-bond donors (Lipinski definition) is 0. The van der Waals surface area contributed by atoms with Crippen molar-refractivity contribution < 1.29 is 9.13 Å². The first kappa shape index (κ1) is 14.2. The van der Waals surface area contributed by atoms with E-state index in [1.807, 2.05) is 12.1 Å². The second-order valence-corrected chi connectivity index (χ2v) is 5.61. The average molecular weight is 308 g/mol. The zero-order valence-corrected chi connectivity index (χ0v) is 12.6. The van der Waals surface area contributed by atoms with E-state index in [1.165, 1.54) is 23.7 Å². The number of aromatic nitrogens is 2. The molecule has 0 spiro atoms. The summed E-state index contributed by atoms with van der Waals surface area (Å²) in [5, 5.41) is 0.945. The third kappa shape index (κ3) is 3.30. The van der Waals surface area contributed by atoms with Crippen LogP contribution in [0.5, 0.6) is 0 Å². The molecule has 5 nitrogen and oxygen atoms in total. The first-order chi connectivity index (χ1) is 10.3. The number of anilines is 2. The molecule has 3 rings (SSSR count). The van der Waals surface area contributed by atoms with Gasteiger partial charge in [-0.2, -0.15) is 4.37 Å². The number of ether oxygens (including phenoxy) is 1. The highest BCUT2D eigenvalue weighted by atomic mass is 32.1. The minimum absolute atomic E-state index is 0.197. The molecule has 0 amide bonds. The van der Waals surface area contributed by atoms with E-state index < -0.39 is 0 Å². The minimum Gasteiger partial charge on any atom is -0.377 e. The lowest BCUT2D eigenvalue weighted by molar-refractivity contribution is 0.179. The van der Waals surface area contributed by atoms with Crippen LogP contribution in [-0.4, -0.2) is 42.6 Å². The number of rotatable bonds is 4. The van der Waals surface area contributed by atoms with Gasteiger partial charge in [-0.05, 0) is 24.3 Å². The van der Waals surface area contributed by atoms with Crippen LogP contribution in [-0.2, 0) is 11.3 Å². The molecule has 1 fully saturated rings. The van der Waals surface area contributed by atoms with Crippen molar-refractivity contribution in [3.8, 4) is 0 Å². The van der Waals surface area contributed by atoms with Crippen molar-refractivity contribution in [3.05, 3.63) is 35.9 Å². The van der Waals surface area contributed by atoms with Crippen molar-refractivity contribution in [3.63, 3.8) is 0 Å². The quantitative estimate of drug-likeness (QED) is 0.866. The Morgan fingerprint density at radius 3 is 2.48 bits per heavy atom. The Bertz CT molecular complexity index is 581. The Labute approximate surface area is 127 Å². The zero-order chi connectivity index (χ0) is 14.7. The molecule has 1 aliphatic heterocycles. The van der Waals surface area contributed by atoms with Gasteiger partial charge in [0, 0.05) is 50.5 Å². The highest BCUT2D eigenvalue weighted by Gasteiger charge is 2.20. The van der Waals surface area contributed by atoms with Gasteiger partial charge in [-0.1, -0.05) is 0 Å². The summed E-state index contributed by atoms with van der Waals surface area (Å²) in [5.74, 6) is 0.537. The summed E-state index contributed by atoms with van der Waals surface area (Å²) in [4.78, 5) is 8.96. The number of piperazine rings is 1. The predicted octanol–water partition coefficient (Wildman–Crippen LogP) is 2.15. The van der Waals surface area contributed by atoms with E-state index in [0.29, 0.717) is 6.61 Å². The fraction of sp³-hybridized carbons (Fsp3) is 0.429. The third-order valence-electron chi connectivity index (χ3n) is 3.47. The van der Waals surface area contributed by atoms with Gasteiger partial charge in [0.05, 0.1) is 0 Å². The van der Waals surface area contributed by atoms with Gasteiger partial charge in [-0.3, -0.25) is 0 Å². The van der Waals surface area contributed by atoms with Gasteiger partial charge in [0.2, 0.25) is 5.13 Å². The van der Waals surface area contributed by atoms with Gasteiger partial charge in [0.1, 0.15) is 12.4 Å². The molecular formula is C14H17FN4OS. The molecule has 112 valence electrons. The fourth-order valence-electron chi connectivity index (χ4n) is 2.37. The van der Waals surface area contributed by atoms with Crippen LogP contribution in [0.1, 0.15) is 5.82 Å². The van der Waals surface area contributed by atoms with E-state index in [0.717, 1.165) is 42.8 Å². The highest BCUT2D eigenvalue weighted by molar-refractivity contribution is 7.09. The topological polar surface area (TPSA) is 41.5 Å². The number of halogens is 1. The van der Waals surface area contributed by atoms with Crippen molar-refractivity contribution in [2.75, 3.05) is 43.1 Å². The fourth-order valence-corrected chi connectivity index (χ4v) is 3.09. The van der Waals surface area contributed by atoms with E-state index >= 15 is 0 Å². The minimum atomic E-state index is -0.197. The number of nitrogens with zero attached hydrogens (tertiary/aromatic N) is 4. The van der Waals surface area contributed by atoms with Gasteiger partial charge < -0.3 is 14.5 Å². The van der Waals surface area contributed by atoms with Crippen molar-refractivity contribution in [1.29, 1.82) is 0 Å². The molecule has 0 N–H and O–H groups in total. The van der Waals surface area contributed by atoms with Crippen LogP contribution in [0.15, 0.2) is 24.3 Å². The molecule has 0 saturated carbocycles. The largest absolute Gasteiger partial charge is 0.377 e. The molecule has 2 heterocycles. The summed E-state index contributed by atoms with van der Waals surface area (Å²) in [5.41, 5.74) is 1.06. The Balaban J connectivity index is 1.60. The van der Waals surface area contributed by atoms with Crippen LogP contribution >= 0.6 is 11.5 Å². The second-order valence-electron chi connectivity index (χ2n) is 4.88. The first-order valence-corrected chi connectivity index (χ1v) is 7.60. The van der Waals surface area contributed by atoms with E-state index in [4.69, 9.17) is 4.74 Å². The van der Waals surface area contributed by atoms with Crippen LogP contribution in [0.25, 0.3) is 0 Å². The summed E-state index contributed by atoms with van der Waals surface area (Å²) in [6.07, 6.45) is 0. The van der Waals surface area contributed by atoms with Crippen LogP contribution in [0.3, 0.4) is 0 Å². The van der Waals surface area contributed by atoms with Gasteiger partial charge in [-0.15, -0.1) is 0 Å². The SMILES string of the molecule is COCc1nsc(N2CCN(c3ccc(F)cc3)CC2)n1. The molecule has 0 atom stereocenters. The van der Waals surface area contributed by atoms with Crippen LogP contribution < -0.4 is 9.80 Å². The van der Waals surface area contributed by atoms with Crippen molar-refractivity contribution in [2.24, 2.45) is 0 Å². The molecule has 0 radical (unpaired) electrons. The van der Waals surface area contributed by atoms with E-state index in [-0.39, 0.29) is 5.82 Å². The molecule has 1 saturated heterocycles. The first-order valence-electron chi connectivity index (χ1n) is 6.83. The molecule has 2 aromatic rings. The molecule has 0 bridgehead atoms. The average Bonchev–Trinajstić information content (AvgIpc) is 2.97. The Hall–Kier alpha value is -1.73. The van der Waals surface area contributed by atoms with Crippen molar-refractivity contribution in [2.45, 2.75) is 6.61 Å². The van der Waals surface area contributed by atoms with E-state index in [2.05, 4.69) is 19.2 Å². The van der Waals surface area contributed by atoms with Crippen LogP contribution in [0, 0.1) is 5.82 Å². The molecule has 1 aliphatic rings. The lowest BCUT2D eigenvalue weighted by atomic mass is 10.2. The number of methoxy groups -OCH3 is 1. The lowest BCUT2D eigenvalue weighted by Crippen LogP contribution is -2.46. The normalized spacial score (nSPS) is 15.5. The Morgan fingerprint density at radius 1 is 1.14 bits per heavy atom. The molecule has 1 aromatic carbocycles. The summed E-state index contributed by atoms with van der Waals surface area (Å²) >= 11 is 1.41. The summed E-state index contributed by atoms with van der Waals surface area (Å²) in [6.45, 7) is 4.01. The Morgan fingerprint density at radius 2 is 1.81 bits per heavy atom. The molecule has 7 heteroatoms. The van der Waals surface area contributed by atoms with Gasteiger partial charge >= 0.3 is 0 Å². The predicted molar refractivity (Wildman–Crippen MR) is 81.4 cm³/mol. The summed E-state index contributed by atoms with van der Waals surface area (Å²) in [6, 6.07) is 6.66. The molecular weight excluding hydrogens is 291 g/mol.